The van der Waals surface area contributed by atoms with Gasteiger partial charge in [-0.05, 0) is 45.0 Å². The Morgan fingerprint density at radius 3 is 2.04 bits per heavy atom. The number of nitrogens with zero attached hydrogens (tertiary/aromatic N) is 1. The highest BCUT2D eigenvalue weighted by Crippen LogP contribution is 2.38. The number of hydrogen-bond acceptors (Lipinski definition) is 6. The van der Waals surface area contributed by atoms with Crippen LogP contribution in [0.4, 0.5) is 13.2 Å². The summed E-state index contributed by atoms with van der Waals surface area (Å²) in [5.41, 5.74) is -1.40. The van der Waals surface area contributed by atoms with Crippen LogP contribution in [0.5, 0.6) is 0 Å². The fourth-order valence-electron chi connectivity index (χ4n) is 1.81. The van der Waals surface area contributed by atoms with Crippen LogP contribution in [0.15, 0.2) is 43.9 Å². The summed E-state index contributed by atoms with van der Waals surface area (Å²) in [6.45, 7) is 4.32. The number of sulfone groups is 2. The van der Waals surface area contributed by atoms with E-state index in [1.807, 2.05) is 0 Å². The van der Waals surface area contributed by atoms with Crippen LogP contribution in [-0.2, 0) is 25.9 Å². The van der Waals surface area contributed by atoms with Crippen molar-refractivity contribution in [2.24, 2.45) is 0 Å². The Morgan fingerprint density at radius 2 is 1.52 bits per heavy atom. The molecule has 0 amide bonds. The maximum atomic E-state index is 13.0. The Labute approximate surface area is 147 Å². The Morgan fingerprint density at radius 1 is 0.960 bits per heavy atom. The molecule has 2 aromatic heterocycles. The molecular formula is C14H14F3NO4S3. The van der Waals surface area contributed by atoms with Gasteiger partial charge in [-0.2, -0.15) is 13.2 Å². The highest BCUT2D eigenvalue weighted by Gasteiger charge is 2.40. The monoisotopic (exact) mass is 413 g/mol. The Balaban J connectivity index is 2.62. The number of thiophene rings is 1. The van der Waals surface area contributed by atoms with Gasteiger partial charge in [0.05, 0.1) is 10.3 Å². The fourth-order valence-corrected chi connectivity index (χ4v) is 6.80. The summed E-state index contributed by atoms with van der Waals surface area (Å²) in [6.07, 6.45) is -3.98. The molecule has 138 valence electrons. The molecule has 5 nitrogen and oxygen atoms in total. The predicted octanol–water partition coefficient (Wildman–Crippen LogP) is 3.57. The quantitative estimate of drug-likeness (QED) is 0.768. The molecule has 25 heavy (non-hydrogen) atoms. The molecule has 0 bridgehead atoms. The molecule has 0 aliphatic carbocycles. The maximum absolute atomic E-state index is 13.0. The maximum Gasteiger partial charge on any atom is 0.419 e. The van der Waals surface area contributed by atoms with E-state index in [1.165, 1.54) is 20.8 Å². The Bertz CT molecular complexity index is 1000. The zero-order valence-corrected chi connectivity index (χ0v) is 15.8. The lowest BCUT2D eigenvalue weighted by Crippen LogP contribution is -2.27. The normalized spacial score (nSPS) is 13.8. The van der Waals surface area contributed by atoms with Crippen molar-refractivity contribution in [1.82, 2.24) is 4.98 Å². The predicted molar refractivity (Wildman–Crippen MR) is 85.9 cm³/mol. The summed E-state index contributed by atoms with van der Waals surface area (Å²) in [5.74, 6) is 0. The summed E-state index contributed by atoms with van der Waals surface area (Å²) >= 11 is 0.405. The third kappa shape index (κ3) is 3.58. The van der Waals surface area contributed by atoms with Gasteiger partial charge in [-0.15, -0.1) is 11.3 Å². The zero-order valence-electron chi connectivity index (χ0n) is 13.3. The third-order valence-corrected chi connectivity index (χ3v) is 9.49. The summed E-state index contributed by atoms with van der Waals surface area (Å²) in [5, 5.41) is -1.15. The van der Waals surface area contributed by atoms with Crippen molar-refractivity contribution in [2.75, 3.05) is 0 Å². The van der Waals surface area contributed by atoms with E-state index in [4.69, 9.17) is 0 Å². The lowest BCUT2D eigenvalue weighted by molar-refractivity contribution is -0.140. The van der Waals surface area contributed by atoms with Gasteiger partial charge in [-0.25, -0.2) is 21.8 Å². The molecule has 0 saturated heterocycles. The second kappa shape index (κ2) is 6.06. The third-order valence-electron chi connectivity index (χ3n) is 3.22. The first-order valence-electron chi connectivity index (χ1n) is 6.81. The summed E-state index contributed by atoms with van der Waals surface area (Å²) in [7, 11) is -8.44. The van der Waals surface area contributed by atoms with Crippen LogP contribution in [0.1, 0.15) is 26.3 Å². The number of aromatic nitrogens is 1. The van der Waals surface area contributed by atoms with Crippen LogP contribution >= 0.6 is 11.3 Å². The largest absolute Gasteiger partial charge is 0.419 e. The fraction of sp³-hybridized carbons (Fsp3) is 0.357. The lowest BCUT2D eigenvalue weighted by Gasteiger charge is -2.17. The molecule has 0 unspecified atom stereocenters. The van der Waals surface area contributed by atoms with Gasteiger partial charge in [0.25, 0.3) is 0 Å². The molecule has 2 aromatic rings. The first kappa shape index (κ1) is 19.9. The van der Waals surface area contributed by atoms with Gasteiger partial charge < -0.3 is 0 Å². The van der Waals surface area contributed by atoms with E-state index in [9.17, 15) is 30.0 Å². The van der Waals surface area contributed by atoms with Gasteiger partial charge in [0.1, 0.15) is 8.42 Å². The smallest absolute Gasteiger partial charge is 0.244 e. The Kier molecular flexibility index (Phi) is 4.81. The van der Waals surface area contributed by atoms with Crippen molar-refractivity contribution in [2.45, 2.75) is 45.1 Å². The standard InChI is InChI=1S/C14H14F3NO4S3/c1-13(2,3)25(21,22)11-7-6-10(23-11)24(19,20)12-9(14(15,16)17)5-4-8-18-12/h4-8H,1-3H3. The van der Waals surface area contributed by atoms with E-state index >= 15 is 0 Å². The highest BCUT2D eigenvalue weighted by atomic mass is 32.3. The van der Waals surface area contributed by atoms with Crippen molar-refractivity contribution in [1.29, 1.82) is 0 Å². The number of hydrogen-bond donors (Lipinski definition) is 0. The van der Waals surface area contributed by atoms with Gasteiger partial charge in [0.15, 0.2) is 14.9 Å². The van der Waals surface area contributed by atoms with Crippen molar-refractivity contribution >= 4 is 31.0 Å². The van der Waals surface area contributed by atoms with Crippen molar-refractivity contribution in [3.05, 3.63) is 36.0 Å². The van der Waals surface area contributed by atoms with Crippen LogP contribution in [0.2, 0.25) is 0 Å². The van der Waals surface area contributed by atoms with Crippen molar-refractivity contribution < 1.29 is 30.0 Å². The second-order valence-corrected chi connectivity index (χ2v) is 12.2. The van der Waals surface area contributed by atoms with Crippen LogP contribution in [0, 0.1) is 0 Å². The van der Waals surface area contributed by atoms with Crippen LogP contribution in [0.3, 0.4) is 0 Å². The van der Waals surface area contributed by atoms with E-state index in [-0.39, 0.29) is 4.21 Å². The summed E-state index contributed by atoms with van der Waals surface area (Å²) < 4.78 is 87.1. The molecular weight excluding hydrogens is 399 g/mol. The zero-order chi connectivity index (χ0) is 19.3. The van der Waals surface area contributed by atoms with Gasteiger partial charge in [-0.1, -0.05) is 0 Å². The number of alkyl halides is 3. The Hall–Kier alpha value is -1.46. The van der Waals surface area contributed by atoms with Gasteiger partial charge >= 0.3 is 6.18 Å². The van der Waals surface area contributed by atoms with Gasteiger partial charge in [-0.3, -0.25) is 0 Å². The van der Waals surface area contributed by atoms with Crippen molar-refractivity contribution in [3.8, 4) is 0 Å². The van der Waals surface area contributed by atoms with E-state index in [0.29, 0.717) is 17.4 Å². The minimum absolute atomic E-state index is 0.233. The molecule has 0 aliphatic heterocycles. The molecule has 0 radical (unpaired) electrons. The molecule has 0 saturated carbocycles. The summed E-state index contributed by atoms with van der Waals surface area (Å²) in [6, 6.07) is 3.65. The molecule has 0 aliphatic rings. The van der Waals surface area contributed by atoms with Crippen LogP contribution in [0.25, 0.3) is 0 Å². The minimum atomic E-state index is -4.91. The van der Waals surface area contributed by atoms with E-state index in [2.05, 4.69) is 4.98 Å². The average molecular weight is 413 g/mol. The first-order chi connectivity index (χ1) is 11.2. The molecule has 0 fully saturated rings. The topological polar surface area (TPSA) is 81.2 Å². The SMILES string of the molecule is CC(C)(C)S(=O)(=O)c1ccc(S(=O)(=O)c2ncccc2C(F)(F)F)s1. The molecule has 0 aromatic carbocycles. The molecule has 2 heterocycles. The van der Waals surface area contributed by atoms with Crippen LogP contribution < -0.4 is 0 Å². The number of pyridine rings is 1. The molecule has 2 rings (SSSR count). The first-order valence-corrected chi connectivity index (χ1v) is 10.6. The average Bonchev–Trinajstić information content (AvgIpc) is 2.96. The van der Waals surface area contributed by atoms with Gasteiger partial charge in [0.2, 0.25) is 9.84 Å². The second-order valence-electron chi connectivity index (χ2n) is 6.05. The molecule has 0 N–H and O–H groups in total. The molecule has 0 spiro atoms. The molecule has 0 atom stereocenters. The lowest BCUT2D eigenvalue weighted by atomic mass is 10.3. The minimum Gasteiger partial charge on any atom is -0.244 e. The van der Waals surface area contributed by atoms with E-state index in [0.717, 1.165) is 24.4 Å². The van der Waals surface area contributed by atoms with Crippen LogP contribution in [-0.4, -0.2) is 26.6 Å². The van der Waals surface area contributed by atoms with E-state index in [1.54, 1.807) is 0 Å². The summed E-state index contributed by atoms with van der Waals surface area (Å²) in [4.78, 5) is 3.36. The number of halogens is 3. The van der Waals surface area contributed by atoms with E-state index < -0.39 is 45.4 Å². The number of rotatable bonds is 3. The van der Waals surface area contributed by atoms with Crippen molar-refractivity contribution in [3.63, 3.8) is 0 Å². The van der Waals surface area contributed by atoms with Gasteiger partial charge in [0, 0.05) is 6.20 Å². The highest BCUT2D eigenvalue weighted by molar-refractivity contribution is 7.96. The molecule has 11 heteroatoms.